The third kappa shape index (κ3) is 3.56. The number of carboxylic acid groups (broad SMARTS) is 1. The van der Waals surface area contributed by atoms with E-state index in [0.29, 0.717) is 12.3 Å². The average Bonchev–Trinajstić information content (AvgIpc) is 2.75. The van der Waals surface area contributed by atoms with E-state index < -0.39 is 5.97 Å². The fraction of sp³-hybridized carbons (Fsp3) is 0.231. The molecule has 2 aromatic rings. The summed E-state index contributed by atoms with van der Waals surface area (Å²) in [4.78, 5) is 14.6. The summed E-state index contributed by atoms with van der Waals surface area (Å²) in [6, 6.07) is 7.73. The number of benzene rings is 1. The van der Waals surface area contributed by atoms with Gasteiger partial charge in [0.05, 0.1) is 5.69 Å². The second-order valence-corrected chi connectivity index (χ2v) is 4.83. The lowest BCUT2D eigenvalue weighted by Crippen LogP contribution is -2.24. The Balaban J connectivity index is 1.92. The number of hydrogen-bond donors (Lipinski definition) is 0. The van der Waals surface area contributed by atoms with Crippen molar-refractivity contribution in [1.82, 2.24) is 4.98 Å². The van der Waals surface area contributed by atoms with E-state index in [4.69, 9.17) is 4.74 Å². The largest absolute Gasteiger partial charge is 0.550 e. The maximum Gasteiger partial charge on any atom is 0.140 e. The summed E-state index contributed by atoms with van der Waals surface area (Å²) in [6.45, 7) is 2.36. The molecule has 18 heavy (non-hydrogen) atoms. The van der Waals surface area contributed by atoms with Crippen LogP contribution in [0.1, 0.15) is 16.3 Å². The molecule has 0 N–H and O–H groups in total. The van der Waals surface area contributed by atoms with Gasteiger partial charge in [-0.3, -0.25) is 0 Å². The van der Waals surface area contributed by atoms with E-state index in [-0.39, 0.29) is 6.42 Å². The summed E-state index contributed by atoms with van der Waals surface area (Å²) in [7, 11) is 0. The molecule has 1 aromatic carbocycles. The van der Waals surface area contributed by atoms with Crippen LogP contribution in [-0.2, 0) is 17.8 Å². The van der Waals surface area contributed by atoms with E-state index in [9.17, 15) is 9.90 Å². The molecule has 2 rings (SSSR count). The predicted octanol–water partition coefficient (Wildman–Crippen LogP) is 1.32. The first-order chi connectivity index (χ1) is 8.63. The zero-order chi connectivity index (χ0) is 13.0. The van der Waals surface area contributed by atoms with Crippen molar-refractivity contribution < 1.29 is 14.6 Å². The first kappa shape index (κ1) is 12.6. The summed E-state index contributed by atoms with van der Waals surface area (Å²) >= 11 is 1.39. The van der Waals surface area contributed by atoms with Crippen molar-refractivity contribution in [2.45, 2.75) is 20.0 Å². The van der Waals surface area contributed by atoms with Gasteiger partial charge in [-0.2, -0.15) is 0 Å². The van der Waals surface area contributed by atoms with E-state index >= 15 is 0 Å². The average molecular weight is 262 g/mol. The maximum atomic E-state index is 10.4. The van der Waals surface area contributed by atoms with Crippen LogP contribution in [0.4, 0.5) is 0 Å². The Morgan fingerprint density at radius 3 is 2.78 bits per heavy atom. The zero-order valence-corrected chi connectivity index (χ0v) is 10.7. The summed E-state index contributed by atoms with van der Waals surface area (Å²) in [5.41, 5.74) is 1.69. The molecular formula is C13H12NO3S-. The number of carbonyl (C=O) groups is 1. The normalized spacial score (nSPS) is 10.3. The van der Waals surface area contributed by atoms with E-state index in [1.54, 1.807) is 5.38 Å². The van der Waals surface area contributed by atoms with Crippen molar-refractivity contribution in [2.75, 3.05) is 0 Å². The van der Waals surface area contributed by atoms with Crippen LogP contribution in [-0.4, -0.2) is 11.0 Å². The highest BCUT2D eigenvalue weighted by molar-refractivity contribution is 7.09. The number of carboxylic acids is 1. The van der Waals surface area contributed by atoms with E-state index in [2.05, 4.69) is 4.98 Å². The summed E-state index contributed by atoms with van der Waals surface area (Å²) in [5.74, 6) is -0.344. The first-order valence-electron chi connectivity index (χ1n) is 5.46. The van der Waals surface area contributed by atoms with Gasteiger partial charge in [0.2, 0.25) is 0 Å². The quantitative estimate of drug-likeness (QED) is 0.815. The molecule has 4 nitrogen and oxygen atoms in total. The molecule has 5 heteroatoms. The molecule has 0 saturated heterocycles. The number of thiazole rings is 1. The Kier molecular flexibility index (Phi) is 3.94. The molecule has 0 aliphatic heterocycles. The van der Waals surface area contributed by atoms with Gasteiger partial charge in [0.25, 0.3) is 0 Å². The summed E-state index contributed by atoms with van der Waals surface area (Å²) in [5, 5.41) is 12.9. The van der Waals surface area contributed by atoms with Crippen LogP contribution in [0.5, 0.6) is 5.75 Å². The third-order valence-electron chi connectivity index (χ3n) is 2.31. The van der Waals surface area contributed by atoms with Crippen LogP contribution < -0.4 is 9.84 Å². The number of aromatic nitrogens is 1. The zero-order valence-electron chi connectivity index (χ0n) is 9.88. The minimum absolute atomic E-state index is 0.152. The van der Waals surface area contributed by atoms with Crippen LogP contribution in [0.15, 0.2) is 29.6 Å². The van der Waals surface area contributed by atoms with Gasteiger partial charge in [0, 0.05) is 17.8 Å². The molecule has 94 valence electrons. The highest BCUT2D eigenvalue weighted by Crippen LogP contribution is 2.16. The Labute approximate surface area is 109 Å². The van der Waals surface area contributed by atoms with Gasteiger partial charge in [0.15, 0.2) is 0 Å². The molecule has 1 aromatic heterocycles. The highest BCUT2D eigenvalue weighted by atomic mass is 32.1. The fourth-order valence-electron chi connectivity index (χ4n) is 1.42. The van der Waals surface area contributed by atoms with Gasteiger partial charge in [0.1, 0.15) is 17.4 Å². The van der Waals surface area contributed by atoms with Crippen molar-refractivity contribution in [2.24, 2.45) is 0 Å². The smallest absolute Gasteiger partial charge is 0.140 e. The topological polar surface area (TPSA) is 62.2 Å². The van der Waals surface area contributed by atoms with Crippen LogP contribution in [0.25, 0.3) is 0 Å². The van der Waals surface area contributed by atoms with Gasteiger partial charge in [-0.15, -0.1) is 11.3 Å². The molecule has 0 unspecified atom stereocenters. The molecule has 0 bridgehead atoms. The van der Waals surface area contributed by atoms with Gasteiger partial charge in [-0.05, 0) is 19.1 Å². The third-order valence-corrected chi connectivity index (χ3v) is 3.18. The molecule has 0 fully saturated rings. The minimum atomic E-state index is -1.12. The Morgan fingerprint density at radius 1 is 1.39 bits per heavy atom. The lowest BCUT2D eigenvalue weighted by Gasteiger charge is -2.03. The van der Waals surface area contributed by atoms with Crippen molar-refractivity contribution in [1.29, 1.82) is 0 Å². The lowest BCUT2D eigenvalue weighted by atomic mass is 10.2. The number of aliphatic carboxylic acids is 1. The van der Waals surface area contributed by atoms with Crippen molar-refractivity contribution in [3.8, 4) is 5.75 Å². The van der Waals surface area contributed by atoms with E-state index in [1.807, 2.05) is 31.2 Å². The van der Waals surface area contributed by atoms with Crippen molar-refractivity contribution in [3.63, 3.8) is 0 Å². The number of hydrogen-bond acceptors (Lipinski definition) is 5. The molecule has 0 amide bonds. The highest BCUT2D eigenvalue weighted by Gasteiger charge is 2.03. The van der Waals surface area contributed by atoms with Crippen LogP contribution in [0.2, 0.25) is 0 Å². The van der Waals surface area contributed by atoms with E-state index in [1.165, 1.54) is 16.9 Å². The standard InChI is InChI=1S/C13H13NO3S/c1-9-2-4-11(5-3-9)17-7-12-14-10(8-18-12)6-13(15)16/h2-5,8H,6-7H2,1H3,(H,15,16)/p-1. The molecule has 0 atom stereocenters. The molecule has 0 aliphatic carbocycles. The molecule has 0 saturated carbocycles. The van der Waals surface area contributed by atoms with Crippen molar-refractivity contribution >= 4 is 17.3 Å². The minimum Gasteiger partial charge on any atom is -0.550 e. The van der Waals surface area contributed by atoms with E-state index in [0.717, 1.165) is 10.8 Å². The van der Waals surface area contributed by atoms with Gasteiger partial charge < -0.3 is 14.6 Å². The Bertz CT molecular complexity index is 533. The van der Waals surface area contributed by atoms with Gasteiger partial charge >= 0.3 is 0 Å². The Morgan fingerprint density at radius 2 is 2.11 bits per heavy atom. The molecule has 0 aliphatic rings. The fourth-order valence-corrected chi connectivity index (χ4v) is 2.13. The summed E-state index contributed by atoms with van der Waals surface area (Å²) in [6.07, 6.45) is -0.152. The second kappa shape index (κ2) is 5.64. The maximum absolute atomic E-state index is 10.4. The Hall–Kier alpha value is -1.88. The molecule has 1 heterocycles. The number of carbonyl (C=O) groups excluding carboxylic acids is 1. The SMILES string of the molecule is Cc1ccc(OCc2nc(CC(=O)[O-])cs2)cc1. The van der Waals surface area contributed by atoms with Crippen LogP contribution in [0, 0.1) is 6.92 Å². The number of ether oxygens (including phenoxy) is 1. The lowest BCUT2D eigenvalue weighted by molar-refractivity contribution is -0.304. The predicted molar refractivity (Wildman–Crippen MR) is 66.3 cm³/mol. The second-order valence-electron chi connectivity index (χ2n) is 3.88. The monoisotopic (exact) mass is 262 g/mol. The van der Waals surface area contributed by atoms with Crippen LogP contribution >= 0.6 is 11.3 Å². The number of nitrogens with zero attached hydrogens (tertiary/aromatic N) is 1. The van der Waals surface area contributed by atoms with Gasteiger partial charge in [-0.1, -0.05) is 17.7 Å². The summed E-state index contributed by atoms with van der Waals surface area (Å²) < 4.78 is 5.55. The molecule has 0 radical (unpaired) electrons. The van der Waals surface area contributed by atoms with Crippen LogP contribution in [0.3, 0.4) is 0 Å². The molecule has 0 spiro atoms. The number of aryl methyl sites for hydroxylation is 1. The number of rotatable bonds is 5. The van der Waals surface area contributed by atoms with Gasteiger partial charge in [-0.25, -0.2) is 4.98 Å². The molecular weight excluding hydrogens is 250 g/mol. The first-order valence-corrected chi connectivity index (χ1v) is 6.34. The van der Waals surface area contributed by atoms with Crippen molar-refractivity contribution in [3.05, 3.63) is 45.9 Å².